The Hall–Kier alpha value is -2.13. The van der Waals surface area contributed by atoms with Crippen LogP contribution in [0, 0.1) is 0 Å². The van der Waals surface area contributed by atoms with E-state index < -0.39 is 27.5 Å². The molecule has 0 radical (unpaired) electrons. The van der Waals surface area contributed by atoms with Crippen LogP contribution in [0.4, 0.5) is 5.69 Å². The number of carbonyl (C=O) groups excluding carboxylic acids is 1. The molecule has 3 N–H and O–H groups in total. The standard InChI is InChI=1S/C12H16N2O6S/c1-14(6-5-11(15)20-2)21(18,19)10-4-3-8(13)7-9(10)12(16)17/h3-4,7H,5-6,13H2,1-2H3,(H,16,17). The van der Waals surface area contributed by atoms with Crippen LogP contribution in [0.5, 0.6) is 0 Å². The van der Waals surface area contributed by atoms with Gasteiger partial charge in [0, 0.05) is 19.3 Å². The van der Waals surface area contributed by atoms with Crippen LogP contribution < -0.4 is 5.73 Å². The van der Waals surface area contributed by atoms with Gasteiger partial charge < -0.3 is 15.6 Å². The lowest BCUT2D eigenvalue weighted by atomic mass is 10.2. The first-order chi connectivity index (χ1) is 9.70. The maximum absolute atomic E-state index is 12.3. The summed E-state index contributed by atoms with van der Waals surface area (Å²) in [6.45, 7) is -0.127. The van der Waals surface area contributed by atoms with Crippen molar-refractivity contribution < 1.29 is 27.9 Å². The van der Waals surface area contributed by atoms with Crippen LogP contribution in [0.2, 0.25) is 0 Å². The molecule has 8 nitrogen and oxygen atoms in total. The molecular weight excluding hydrogens is 300 g/mol. The molecule has 0 saturated carbocycles. The summed E-state index contributed by atoms with van der Waals surface area (Å²) in [4.78, 5) is 21.8. The van der Waals surface area contributed by atoms with E-state index in [0.29, 0.717) is 0 Å². The fraction of sp³-hybridized carbons (Fsp3) is 0.333. The molecule has 0 amide bonds. The van der Waals surface area contributed by atoms with Gasteiger partial charge in [0.05, 0.1) is 24.0 Å². The Labute approximate surface area is 122 Å². The zero-order valence-electron chi connectivity index (χ0n) is 11.6. The van der Waals surface area contributed by atoms with Crippen LogP contribution in [0.15, 0.2) is 23.1 Å². The Morgan fingerprint density at radius 2 is 2.00 bits per heavy atom. The van der Waals surface area contributed by atoms with Crippen molar-refractivity contribution in [1.82, 2.24) is 4.31 Å². The zero-order chi connectivity index (χ0) is 16.2. The molecule has 21 heavy (non-hydrogen) atoms. The largest absolute Gasteiger partial charge is 0.478 e. The molecule has 0 bridgehead atoms. The van der Waals surface area contributed by atoms with Gasteiger partial charge in [0.1, 0.15) is 0 Å². The second-order valence-electron chi connectivity index (χ2n) is 4.21. The molecule has 1 aromatic rings. The molecule has 0 aromatic heterocycles. The molecule has 116 valence electrons. The van der Waals surface area contributed by atoms with E-state index in [4.69, 9.17) is 10.8 Å². The highest BCUT2D eigenvalue weighted by Crippen LogP contribution is 2.22. The van der Waals surface area contributed by atoms with Crippen molar-refractivity contribution in [3.05, 3.63) is 23.8 Å². The molecule has 0 saturated heterocycles. The van der Waals surface area contributed by atoms with Crippen molar-refractivity contribution in [3.8, 4) is 0 Å². The number of aromatic carboxylic acids is 1. The van der Waals surface area contributed by atoms with E-state index in [1.807, 2.05) is 0 Å². The van der Waals surface area contributed by atoms with Crippen LogP contribution in [-0.2, 0) is 19.6 Å². The molecule has 0 aliphatic heterocycles. The van der Waals surface area contributed by atoms with Gasteiger partial charge in [-0.15, -0.1) is 0 Å². The molecule has 0 atom stereocenters. The second-order valence-corrected chi connectivity index (χ2v) is 6.23. The zero-order valence-corrected chi connectivity index (χ0v) is 12.4. The van der Waals surface area contributed by atoms with Gasteiger partial charge in [-0.1, -0.05) is 0 Å². The number of ether oxygens (including phenoxy) is 1. The molecule has 0 fully saturated rings. The lowest BCUT2D eigenvalue weighted by Gasteiger charge is -2.18. The summed E-state index contributed by atoms with van der Waals surface area (Å²) in [6, 6.07) is 3.50. The Morgan fingerprint density at radius 1 is 1.38 bits per heavy atom. The summed E-state index contributed by atoms with van der Waals surface area (Å²) in [5, 5.41) is 9.08. The van der Waals surface area contributed by atoms with Crippen molar-refractivity contribution in [1.29, 1.82) is 0 Å². The van der Waals surface area contributed by atoms with Crippen molar-refractivity contribution in [2.75, 3.05) is 26.4 Å². The molecule has 0 aliphatic carbocycles. The number of rotatable bonds is 6. The van der Waals surface area contributed by atoms with Crippen molar-refractivity contribution in [2.45, 2.75) is 11.3 Å². The summed E-state index contributed by atoms with van der Waals surface area (Å²) >= 11 is 0. The van der Waals surface area contributed by atoms with Crippen LogP contribution in [0.25, 0.3) is 0 Å². The number of nitrogens with two attached hydrogens (primary N) is 1. The maximum atomic E-state index is 12.3. The summed E-state index contributed by atoms with van der Waals surface area (Å²) in [5.74, 6) is -1.96. The molecule has 0 heterocycles. The average molecular weight is 316 g/mol. The summed E-state index contributed by atoms with van der Waals surface area (Å²) in [6.07, 6.45) is -0.135. The Bertz CT molecular complexity index is 656. The van der Waals surface area contributed by atoms with E-state index in [-0.39, 0.29) is 23.5 Å². The maximum Gasteiger partial charge on any atom is 0.337 e. The molecule has 0 spiro atoms. The fourth-order valence-electron chi connectivity index (χ4n) is 1.58. The van der Waals surface area contributed by atoms with Crippen molar-refractivity contribution in [2.24, 2.45) is 0 Å². The number of carbonyl (C=O) groups is 2. The lowest BCUT2D eigenvalue weighted by Crippen LogP contribution is -2.30. The number of carboxylic acids is 1. The number of anilines is 1. The number of carboxylic acid groups (broad SMARTS) is 1. The van der Waals surface area contributed by atoms with Gasteiger partial charge in [0.2, 0.25) is 10.0 Å². The summed E-state index contributed by atoms with van der Waals surface area (Å²) < 4.78 is 30.0. The third-order valence-corrected chi connectivity index (χ3v) is 4.70. The fourth-order valence-corrected chi connectivity index (χ4v) is 2.91. The lowest BCUT2D eigenvalue weighted by molar-refractivity contribution is -0.140. The van der Waals surface area contributed by atoms with Crippen LogP contribution in [-0.4, -0.2) is 50.5 Å². The summed E-state index contributed by atoms with van der Waals surface area (Å²) in [5.41, 5.74) is 5.19. The number of hydrogen-bond donors (Lipinski definition) is 2. The minimum Gasteiger partial charge on any atom is -0.478 e. The number of nitrogens with zero attached hydrogens (tertiary/aromatic N) is 1. The first-order valence-corrected chi connectivity index (χ1v) is 7.30. The molecule has 1 aromatic carbocycles. The van der Waals surface area contributed by atoms with E-state index in [1.165, 1.54) is 20.2 Å². The monoisotopic (exact) mass is 316 g/mol. The van der Waals surface area contributed by atoms with E-state index in [1.54, 1.807) is 0 Å². The predicted octanol–water partition coefficient (Wildman–Crippen LogP) is 0.151. The second kappa shape index (κ2) is 6.55. The van der Waals surface area contributed by atoms with Gasteiger partial charge in [0.15, 0.2) is 0 Å². The molecular formula is C12H16N2O6S. The number of hydrogen-bond acceptors (Lipinski definition) is 6. The number of nitrogen functional groups attached to an aromatic ring is 1. The number of methoxy groups -OCH3 is 1. The Kier molecular flexibility index (Phi) is 5.28. The molecule has 1 rings (SSSR count). The predicted molar refractivity (Wildman–Crippen MR) is 74.3 cm³/mol. The SMILES string of the molecule is COC(=O)CCN(C)S(=O)(=O)c1ccc(N)cc1C(=O)O. The van der Waals surface area contributed by atoms with Gasteiger partial charge in [-0.3, -0.25) is 4.79 Å². The van der Waals surface area contributed by atoms with Gasteiger partial charge >= 0.3 is 11.9 Å². The third kappa shape index (κ3) is 3.92. The van der Waals surface area contributed by atoms with Gasteiger partial charge in [-0.05, 0) is 18.2 Å². The third-order valence-electron chi connectivity index (χ3n) is 2.78. The Balaban J connectivity index is 3.13. The van der Waals surface area contributed by atoms with Gasteiger partial charge in [-0.25, -0.2) is 17.5 Å². The highest BCUT2D eigenvalue weighted by atomic mass is 32.2. The van der Waals surface area contributed by atoms with E-state index in [9.17, 15) is 18.0 Å². The van der Waals surface area contributed by atoms with E-state index in [0.717, 1.165) is 16.4 Å². The number of sulfonamides is 1. The first kappa shape index (κ1) is 16.9. The average Bonchev–Trinajstić information content (AvgIpc) is 2.43. The van der Waals surface area contributed by atoms with Crippen molar-refractivity contribution >= 4 is 27.6 Å². The smallest absolute Gasteiger partial charge is 0.337 e. The van der Waals surface area contributed by atoms with Crippen molar-refractivity contribution in [3.63, 3.8) is 0 Å². The molecule has 0 aliphatic rings. The van der Waals surface area contributed by atoms with Gasteiger partial charge in [-0.2, -0.15) is 0 Å². The summed E-state index contributed by atoms with van der Waals surface area (Å²) in [7, 11) is -1.60. The van der Waals surface area contributed by atoms with E-state index in [2.05, 4.69) is 4.74 Å². The van der Waals surface area contributed by atoms with E-state index >= 15 is 0 Å². The highest BCUT2D eigenvalue weighted by molar-refractivity contribution is 7.89. The molecule has 0 unspecified atom stereocenters. The van der Waals surface area contributed by atoms with Gasteiger partial charge in [0.25, 0.3) is 0 Å². The Morgan fingerprint density at radius 3 is 2.52 bits per heavy atom. The quantitative estimate of drug-likeness (QED) is 0.565. The minimum atomic E-state index is -4.05. The minimum absolute atomic E-state index is 0.127. The number of benzene rings is 1. The topological polar surface area (TPSA) is 127 Å². The highest BCUT2D eigenvalue weighted by Gasteiger charge is 2.27. The van der Waals surface area contributed by atoms with Crippen LogP contribution >= 0.6 is 0 Å². The normalized spacial score (nSPS) is 11.4. The molecule has 9 heteroatoms. The first-order valence-electron chi connectivity index (χ1n) is 5.86. The van der Waals surface area contributed by atoms with Crippen LogP contribution in [0.3, 0.4) is 0 Å². The van der Waals surface area contributed by atoms with Crippen LogP contribution in [0.1, 0.15) is 16.8 Å². The number of esters is 1.